The number of likely N-dealkylation sites (N-methyl/N-ethyl adjacent to an activating group) is 1. The molecule has 138 valence electrons. The summed E-state index contributed by atoms with van der Waals surface area (Å²) in [5.41, 5.74) is 11.2. The largest absolute Gasteiger partial charge is 0.481 e. The number of hydrogen-bond acceptors (Lipinski definition) is 6. The first-order chi connectivity index (χ1) is 11.2. The Morgan fingerprint density at radius 1 is 1.21 bits per heavy atom. The number of carbonyl (C=O) groups excluding carboxylic acids is 2. The van der Waals surface area contributed by atoms with Gasteiger partial charge in [0.15, 0.2) is 0 Å². The van der Waals surface area contributed by atoms with Gasteiger partial charge >= 0.3 is 5.97 Å². The number of nitrogens with zero attached hydrogens (tertiary/aromatic N) is 1. The standard InChI is InChI=1S/C15H29N5O4/c1-4-20(5-2)13(22)12(18-8(3)21)10-6-9(14(23)24)7-11(10)19-15(16)17/h9-12,15,19H,4-7,16-17H2,1-3H3,(H,18,21)(H,23,24). The molecule has 1 fully saturated rings. The number of hydrogen-bond donors (Lipinski definition) is 5. The normalized spacial score (nSPS) is 24.7. The van der Waals surface area contributed by atoms with Crippen LogP contribution in [0.3, 0.4) is 0 Å². The molecule has 0 aliphatic heterocycles. The summed E-state index contributed by atoms with van der Waals surface area (Å²) in [6.45, 7) is 6.06. The van der Waals surface area contributed by atoms with E-state index < -0.39 is 30.1 Å². The molecule has 4 atom stereocenters. The molecule has 7 N–H and O–H groups in total. The summed E-state index contributed by atoms with van der Waals surface area (Å²) in [7, 11) is 0. The topological polar surface area (TPSA) is 151 Å². The van der Waals surface area contributed by atoms with Crippen molar-refractivity contribution in [3.63, 3.8) is 0 Å². The number of carboxylic acids is 1. The fourth-order valence-electron chi connectivity index (χ4n) is 3.38. The Bertz CT molecular complexity index is 467. The average molecular weight is 343 g/mol. The zero-order chi connectivity index (χ0) is 18.4. The van der Waals surface area contributed by atoms with Crippen LogP contribution < -0.4 is 22.1 Å². The van der Waals surface area contributed by atoms with Crippen LogP contribution in [0.2, 0.25) is 0 Å². The van der Waals surface area contributed by atoms with Crippen LogP contribution in [0.1, 0.15) is 33.6 Å². The molecule has 1 aliphatic carbocycles. The molecule has 0 aromatic carbocycles. The molecule has 0 spiro atoms. The van der Waals surface area contributed by atoms with Gasteiger partial charge in [-0.3, -0.25) is 19.7 Å². The second-order valence-electron chi connectivity index (χ2n) is 6.16. The molecule has 0 saturated heterocycles. The Balaban J connectivity index is 3.09. The number of nitrogens with two attached hydrogens (primary N) is 2. The van der Waals surface area contributed by atoms with Gasteiger partial charge in [-0.15, -0.1) is 0 Å². The first-order valence-corrected chi connectivity index (χ1v) is 8.27. The van der Waals surface area contributed by atoms with Crippen molar-refractivity contribution in [1.82, 2.24) is 15.5 Å². The van der Waals surface area contributed by atoms with E-state index in [2.05, 4.69) is 10.6 Å². The van der Waals surface area contributed by atoms with Gasteiger partial charge in [0.25, 0.3) is 0 Å². The molecular weight excluding hydrogens is 314 g/mol. The first kappa shape index (κ1) is 20.3. The van der Waals surface area contributed by atoms with Crippen molar-refractivity contribution in [1.29, 1.82) is 0 Å². The monoisotopic (exact) mass is 343 g/mol. The van der Waals surface area contributed by atoms with Crippen LogP contribution in [0.25, 0.3) is 0 Å². The number of nitrogens with one attached hydrogen (secondary N) is 2. The van der Waals surface area contributed by atoms with Gasteiger partial charge in [-0.1, -0.05) is 0 Å². The first-order valence-electron chi connectivity index (χ1n) is 8.27. The molecule has 1 rings (SSSR count). The highest BCUT2D eigenvalue weighted by Gasteiger charge is 2.45. The maximum atomic E-state index is 12.8. The van der Waals surface area contributed by atoms with Gasteiger partial charge in [-0.05, 0) is 26.7 Å². The van der Waals surface area contributed by atoms with Gasteiger partial charge in [-0.2, -0.15) is 0 Å². The van der Waals surface area contributed by atoms with E-state index in [1.54, 1.807) is 4.90 Å². The third kappa shape index (κ3) is 5.15. The lowest BCUT2D eigenvalue weighted by Crippen LogP contribution is -2.58. The van der Waals surface area contributed by atoms with Gasteiger partial charge in [0.2, 0.25) is 11.8 Å². The minimum absolute atomic E-state index is 0.219. The predicted octanol–water partition coefficient (Wildman–Crippen LogP) is -1.37. The van der Waals surface area contributed by atoms with Crippen molar-refractivity contribution in [3.8, 4) is 0 Å². The highest BCUT2D eigenvalue weighted by atomic mass is 16.4. The number of amides is 2. The maximum absolute atomic E-state index is 12.8. The molecule has 24 heavy (non-hydrogen) atoms. The molecule has 0 heterocycles. The summed E-state index contributed by atoms with van der Waals surface area (Å²) in [6, 6.07) is -1.16. The summed E-state index contributed by atoms with van der Waals surface area (Å²) < 4.78 is 0. The summed E-state index contributed by atoms with van der Waals surface area (Å²) in [4.78, 5) is 37.4. The molecule has 9 heteroatoms. The lowest BCUT2D eigenvalue weighted by atomic mass is 9.92. The highest BCUT2D eigenvalue weighted by molar-refractivity contribution is 5.87. The van der Waals surface area contributed by atoms with Crippen molar-refractivity contribution in [2.24, 2.45) is 23.3 Å². The van der Waals surface area contributed by atoms with E-state index in [1.165, 1.54) is 6.92 Å². The Morgan fingerprint density at radius 3 is 2.21 bits per heavy atom. The summed E-state index contributed by atoms with van der Waals surface area (Å²) >= 11 is 0. The van der Waals surface area contributed by atoms with Crippen molar-refractivity contribution < 1.29 is 19.5 Å². The molecule has 2 amide bonds. The number of carbonyl (C=O) groups is 3. The highest BCUT2D eigenvalue weighted by Crippen LogP contribution is 2.34. The zero-order valence-electron chi connectivity index (χ0n) is 14.5. The molecule has 4 unspecified atom stereocenters. The quantitative estimate of drug-likeness (QED) is 0.341. The van der Waals surface area contributed by atoms with Gasteiger partial charge in [-0.25, -0.2) is 0 Å². The van der Waals surface area contributed by atoms with Crippen LogP contribution in [-0.4, -0.2) is 59.3 Å². The Kier molecular flexibility index (Phi) is 7.59. The van der Waals surface area contributed by atoms with Crippen molar-refractivity contribution >= 4 is 17.8 Å². The maximum Gasteiger partial charge on any atom is 0.306 e. The van der Waals surface area contributed by atoms with E-state index in [4.69, 9.17) is 11.5 Å². The summed E-state index contributed by atoms with van der Waals surface area (Å²) in [6.07, 6.45) is -0.240. The third-order valence-electron chi connectivity index (χ3n) is 4.50. The Morgan fingerprint density at radius 2 is 1.79 bits per heavy atom. The minimum Gasteiger partial charge on any atom is -0.481 e. The lowest BCUT2D eigenvalue weighted by Gasteiger charge is -2.33. The van der Waals surface area contributed by atoms with Gasteiger partial charge in [0, 0.05) is 32.0 Å². The van der Waals surface area contributed by atoms with Crippen LogP contribution >= 0.6 is 0 Å². The second kappa shape index (κ2) is 8.95. The van der Waals surface area contributed by atoms with Gasteiger partial charge in [0.05, 0.1) is 5.92 Å². The lowest BCUT2D eigenvalue weighted by molar-refractivity contribution is -0.142. The van der Waals surface area contributed by atoms with E-state index in [-0.39, 0.29) is 24.3 Å². The number of carboxylic acid groups (broad SMARTS) is 1. The molecule has 0 aromatic rings. The SMILES string of the molecule is CCN(CC)C(=O)C(NC(C)=O)C1CC(C(=O)O)CC1NC(N)N. The third-order valence-corrected chi connectivity index (χ3v) is 4.50. The van der Waals surface area contributed by atoms with Crippen molar-refractivity contribution in [2.75, 3.05) is 13.1 Å². The van der Waals surface area contributed by atoms with Crippen LogP contribution in [0.5, 0.6) is 0 Å². The van der Waals surface area contributed by atoms with Crippen LogP contribution in [0.4, 0.5) is 0 Å². The molecule has 9 nitrogen and oxygen atoms in total. The molecule has 0 radical (unpaired) electrons. The Hall–Kier alpha value is -1.71. The van der Waals surface area contributed by atoms with Crippen LogP contribution in [0, 0.1) is 11.8 Å². The minimum atomic E-state index is -0.924. The predicted molar refractivity (Wildman–Crippen MR) is 88.5 cm³/mol. The van der Waals surface area contributed by atoms with Crippen LogP contribution in [-0.2, 0) is 14.4 Å². The molecule has 0 bridgehead atoms. The summed E-state index contributed by atoms with van der Waals surface area (Å²) in [5, 5.41) is 14.9. The average Bonchev–Trinajstić information content (AvgIpc) is 2.88. The van der Waals surface area contributed by atoms with Gasteiger partial charge < -0.3 is 26.8 Å². The zero-order valence-corrected chi connectivity index (χ0v) is 14.5. The second-order valence-corrected chi connectivity index (χ2v) is 6.16. The number of rotatable bonds is 8. The molecular formula is C15H29N5O4. The van der Waals surface area contributed by atoms with E-state index in [0.29, 0.717) is 19.5 Å². The van der Waals surface area contributed by atoms with Crippen molar-refractivity contribution in [3.05, 3.63) is 0 Å². The van der Waals surface area contributed by atoms with E-state index in [0.717, 1.165) is 0 Å². The molecule has 1 saturated carbocycles. The smallest absolute Gasteiger partial charge is 0.306 e. The molecule has 1 aliphatic rings. The van der Waals surface area contributed by atoms with Gasteiger partial charge in [0.1, 0.15) is 12.3 Å². The molecule has 0 aromatic heterocycles. The van der Waals surface area contributed by atoms with E-state index >= 15 is 0 Å². The van der Waals surface area contributed by atoms with E-state index in [9.17, 15) is 19.5 Å². The Labute approximate surface area is 142 Å². The number of aliphatic carboxylic acids is 1. The van der Waals surface area contributed by atoms with Crippen molar-refractivity contribution in [2.45, 2.75) is 52.0 Å². The fourth-order valence-corrected chi connectivity index (χ4v) is 3.38. The van der Waals surface area contributed by atoms with Crippen LogP contribution in [0.15, 0.2) is 0 Å². The fraction of sp³-hybridized carbons (Fsp3) is 0.800. The summed E-state index contributed by atoms with van der Waals surface area (Å²) in [5.74, 6) is -2.48. The van der Waals surface area contributed by atoms with E-state index in [1.807, 2.05) is 13.8 Å².